The van der Waals surface area contributed by atoms with Gasteiger partial charge in [-0.3, -0.25) is 0 Å². The summed E-state index contributed by atoms with van der Waals surface area (Å²) in [7, 11) is 1.43. The van der Waals surface area contributed by atoms with Crippen LogP contribution in [0.15, 0.2) is 22.8 Å². The van der Waals surface area contributed by atoms with Crippen LogP contribution in [-0.2, 0) is 9.53 Å². The summed E-state index contributed by atoms with van der Waals surface area (Å²) in [6.45, 7) is 2.16. The monoisotopic (exact) mass is 207 g/mol. The first kappa shape index (κ1) is 10.4. The van der Waals surface area contributed by atoms with Crippen molar-refractivity contribution in [3.63, 3.8) is 0 Å². The third kappa shape index (κ3) is 1.72. The quantitative estimate of drug-likeness (QED) is 0.664. The Morgan fingerprint density at radius 3 is 2.93 bits per heavy atom. The average molecular weight is 207 g/mol. The lowest BCUT2D eigenvalue weighted by Gasteiger charge is -2.17. The topological polar surface area (TPSA) is 52.3 Å². The van der Waals surface area contributed by atoms with Crippen LogP contribution in [0.3, 0.4) is 0 Å². The van der Waals surface area contributed by atoms with Gasteiger partial charge in [0.25, 0.3) is 0 Å². The van der Waals surface area contributed by atoms with Gasteiger partial charge in [-0.25, -0.2) is 4.79 Å². The molecule has 0 amide bonds. The van der Waals surface area contributed by atoms with Crippen LogP contribution in [0.4, 0.5) is 0 Å². The van der Waals surface area contributed by atoms with Crippen LogP contribution in [0, 0.1) is 5.92 Å². The van der Waals surface area contributed by atoms with E-state index in [-0.39, 0.29) is 12.0 Å². The maximum Gasteiger partial charge on any atom is 0.333 e. The van der Waals surface area contributed by atoms with E-state index in [9.17, 15) is 4.79 Å². The molecule has 0 saturated carbocycles. The molecule has 2 atom stereocenters. The van der Waals surface area contributed by atoms with Crippen LogP contribution < -0.4 is 5.73 Å². The normalized spacial score (nSPS) is 29.9. The molecule has 3 heteroatoms. The molecule has 0 spiro atoms. The highest BCUT2D eigenvalue weighted by atomic mass is 16.5. The highest BCUT2D eigenvalue weighted by Gasteiger charge is 2.31. The van der Waals surface area contributed by atoms with Gasteiger partial charge in [0.2, 0.25) is 0 Å². The molecule has 2 aliphatic rings. The third-order valence-electron chi connectivity index (χ3n) is 3.43. The first-order valence-electron chi connectivity index (χ1n) is 5.40. The van der Waals surface area contributed by atoms with Crippen molar-refractivity contribution in [1.29, 1.82) is 0 Å². The number of hydrogen-bond acceptors (Lipinski definition) is 3. The molecule has 0 bridgehead atoms. The minimum absolute atomic E-state index is 0.190. The molecule has 0 heterocycles. The van der Waals surface area contributed by atoms with Gasteiger partial charge in [-0.2, -0.15) is 0 Å². The Balaban J connectivity index is 2.24. The van der Waals surface area contributed by atoms with Crippen LogP contribution in [-0.4, -0.2) is 19.1 Å². The first-order chi connectivity index (χ1) is 7.13. The van der Waals surface area contributed by atoms with Gasteiger partial charge < -0.3 is 10.5 Å². The molecular weight excluding hydrogens is 190 g/mol. The number of methoxy groups -OCH3 is 1. The summed E-state index contributed by atoms with van der Waals surface area (Å²) in [5, 5.41) is 0. The van der Waals surface area contributed by atoms with Gasteiger partial charge in [-0.15, -0.1) is 0 Å². The zero-order valence-corrected chi connectivity index (χ0v) is 9.25. The molecule has 2 unspecified atom stereocenters. The fourth-order valence-corrected chi connectivity index (χ4v) is 2.49. The standard InChI is InChI=1S/C12H17NO2/c1-7-5-9-6-8(12(14)15-2)3-4-10(9)11(7)13/h6-7,11H,3-5,13H2,1-2H3. The molecule has 0 aromatic heterocycles. The molecule has 2 aliphatic carbocycles. The lowest BCUT2D eigenvalue weighted by atomic mass is 9.92. The van der Waals surface area contributed by atoms with Crippen molar-refractivity contribution < 1.29 is 9.53 Å². The highest BCUT2D eigenvalue weighted by Crippen LogP contribution is 2.38. The van der Waals surface area contributed by atoms with Gasteiger partial charge in [-0.05, 0) is 42.4 Å². The summed E-state index contributed by atoms with van der Waals surface area (Å²) in [6.07, 6.45) is 4.67. The number of carbonyl (C=O) groups is 1. The largest absolute Gasteiger partial charge is 0.466 e. The van der Waals surface area contributed by atoms with E-state index in [1.807, 2.05) is 6.08 Å². The molecule has 0 saturated heterocycles. The maximum atomic E-state index is 11.4. The molecule has 15 heavy (non-hydrogen) atoms. The number of hydrogen-bond donors (Lipinski definition) is 1. The van der Waals surface area contributed by atoms with E-state index >= 15 is 0 Å². The Bertz CT molecular complexity index is 355. The predicted molar refractivity (Wildman–Crippen MR) is 58.1 cm³/mol. The van der Waals surface area contributed by atoms with E-state index in [1.165, 1.54) is 18.3 Å². The smallest absolute Gasteiger partial charge is 0.333 e. The van der Waals surface area contributed by atoms with E-state index in [0.29, 0.717) is 5.92 Å². The number of rotatable bonds is 1. The maximum absolute atomic E-state index is 11.4. The van der Waals surface area contributed by atoms with Gasteiger partial charge in [-0.1, -0.05) is 6.92 Å². The zero-order chi connectivity index (χ0) is 11.0. The van der Waals surface area contributed by atoms with Crippen LogP contribution in [0.5, 0.6) is 0 Å². The zero-order valence-electron chi connectivity index (χ0n) is 9.25. The van der Waals surface area contributed by atoms with Crippen molar-refractivity contribution in [3.05, 3.63) is 22.8 Å². The van der Waals surface area contributed by atoms with E-state index in [2.05, 4.69) is 6.92 Å². The van der Waals surface area contributed by atoms with Crippen molar-refractivity contribution in [2.45, 2.75) is 32.2 Å². The van der Waals surface area contributed by atoms with Crippen molar-refractivity contribution in [2.24, 2.45) is 11.7 Å². The van der Waals surface area contributed by atoms with E-state index < -0.39 is 0 Å². The summed E-state index contributed by atoms with van der Waals surface area (Å²) in [6, 6.07) is 0.190. The lowest BCUT2D eigenvalue weighted by Crippen LogP contribution is -2.26. The van der Waals surface area contributed by atoms with Gasteiger partial charge in [0, 0.05) is 11.6 Å². The third-order valence-corrected chi connectivity index (χ3v) is 3.43. The fraction of sp³-hybridized carbons (Fsp3) is 0.583. The number of esters is 1. The second-order valence-corrected chi connectivity index (χ2v) is 4.42. The van der Waals surface area contributed by atoms with Crippen LogP contribution in [0.25, 0.3) is 0 Å². The van der Waals surface area contributed by atoms with E-state index in [4.69, 9.17) is 10.5 Å². The first-order valence-corrected chi connectivity index (χ1v) is 5.40. The SMILES string of the molecule is COC(=O)C1=CC2=C(CC1)C(N)C(C)C2. The van der Waals surface area contributed by atoms with Crippen molar-refractivity contribution >= 4 is 5.97 Å². The lowest BCUT2D eigenvalue weighted by molar-refractivity contribution is -0.136. The van der Waals surface area contributed by atoms with Crippen molar-refractivity contribution in [2.75, 3.05) is 7.11 Å². The van der Waals surface area contributed by atoms with Crippen LogP contribution in [0.2, 0.25) is 0 Å². The molecule has 2 N–H and O–H groups in total. The molecule has 82 valence electrons. The summed E-state index contributed by atoms with van der Waals surface area (Å²) in [5.74, 6) is 0.304. The summed E-state index contributed by atoms with van der Waals surface area (Å²) in [5.41, 5.74) is 9.48. The molecule has 0 aliphatic heterocycles. The Morgan fingerprint density at radius 2 is 2.27 bits per heavy atom. The van der Waals surface area contributed by atoms with Crippen LogP contribution >= 0.6 is 0 Å². The van der Waals surface area contributed by atoms with Gasteiger partial charge >= 0.3 is 5.97 Å². The van der Waals surface area contributed by atoms with Crippen LogP contribution in [0.1, 0.15) is 26.2 Å². The number of ether oxygens (including phenoxy) is 1. The number of nitrogens with two attached hydrogens (primary N) is 1. The van der Waals surface area contributed by atoms with Crippen molar-refractivity contribution in [3.8, 4) is 0 Å². The second-order valence-electron chi connectivity index (χ2n) is 4.42. The predicted octanol–water partition coefficient (Wildman–Crippen LogP) is 1.54. The number of carbonyl (C=O) groups excluding carboxylic acids is 1. The van der Waals surface area contributed by atoms with E-state index in [0.717, 1.165) is 24.8 Å². The molecule has 2 rings (SSSR count). The molecule has 3 nitrogen and oxygen atoms in total. The summed E-state index contributed by atoms with van der Waals surface area (Å²) in [4.78, 5) is 11.4. The fourth-order valence-electron chi connectivity index (χ4n) is 2.49. The Kier molecular flexibility index (Phi) is 2.65. The van der Waals surface area contributed by atoms with Gasteiger partial charge in [0.1, 0.15) is 0 Å². The Labute approximate surface area is 90.0 Å². The Hall–Kier alpha value is -1.09. The second kappa shape index (κ2) is 3.81. The summed E-state index contributed by atoms with van der Waals surface area (Å²) >= 11 is 0. The minimum Gasteiger partial charge on any atom is -0.466 e. The minimum atomic E-state index is -0.199. The highest BCUT2D eigenvalue weighted by molar-refractivity contribution is 5.89. The molecular formula is C12H17NO2. The summed E-state index contributed by atoms with van der Waals surface area (Å²) < 4.78 is 4.73. The van der Waals surface area contributed by atoms with Gasteiger partial charge in [0.15, 0.2) is 0 Å². The molecule has 0 aromatic carbocycles. The molecule has 0 radical (unpaired) electrons. The molecule has 0 fully saturated rings. The average Bonchev–Trinajstić information content (AvgIpc) is 2.53. The number of allylic oxidation sites excluding steroid dienone is 2. The molecule has 0 aromatic rings. The van der Waals surface area contributed by atoms with Gasteiger partial charge in [0.05, 0.1) is 7.11 Å². The Morgan fingerprint density at radius 1 is 1.53 bits per heavy atom. The van der Waals surface area contributed by atoms with E-state index in [1.54, 1.807) is 0 Å². The van der Waals surface area contributed by atoms with Crippen molar-refractivity contribution in [1.82, 2.24) is 0 Å².